The quantitative estimate of drug-likeness (QED) is 0.544. The first kappa shape index (κ1) is 20.3. The van der Waals surface area contributed by atoms with Crippen molar-refractivity contribution in [2.45, 2.75) is 32.8 Å². The molecule has 3 aromatic carbocycles. The predicted molar refractivity (Wildman–Crippen MR) is 122 cm³/mol. The van der Waals surface area contributed by atoms with E-state index >= 15 is 0 Å². The van der Waals surface area contributed by atoms with Crippen LogP contribution in [0.3, 0.4) is 0 Å². The fraction of sp³-hybridized carbons (Fsp3) is 0.346. The van der Waals surface area contributed by atoms with E-state index in [0.29, 0.717) is 11.3 Å². The summed E-state index contributed by atoms with van der Waals surface area (Å²) in [6.07, 6.45) is 0.865. The fourth-order valence-electron chi connectivity index (χ4n) is 3.76. The smallest absolute Gasteiger partial charge is 0.138 e. The molecular weight excluding hydrogens is 372 g/mol. The van der Waals surface area contributed by atoms with Crippen LogP contribution < -0.4 is 9.64 Å². The summed E-state index contributed by atoms with van der Waals surface area (Å²) >= 11 is 0. The molecule has 3 aromatic rings. The molecule has 1 heterocycles. The number of rotatable bonds is 5. The number of hydrogen-bond acceptors (Lipinski definition) is 4. The molecule has 0 bridgehead atoms. The molecule has 1 fully saturated rings. The van der Waals surface area contributed by atoms with E-state index in [9.17, 15) is 5.26 Å². The number of benzene rings is 3. The Hall–Kier alpha value is -3.03. The normalized spacial score (nSPS) is 14.5. The lowest BCUT2D eigenvalue weighted by molar-refractivity contribution is 0.105. The minimum atomic E-state index is -0.316. The van der Waals surface area contributed by atoms with Gasteiger partial charge in [-0.1, -0.05) is 37.3 Å². The van der Waals surface area contributed by atoms with Crippen molar-refractivity contribution >= 4 is 16.5 Å². The zero-order chi connectivity index (χ0) is 21.1. The number of fused-ring (bicyclic) bond motifs is 1. The second kappa shape index (κ2) is 8.38. The van der Waals surface area contributed by atoms with Gasteiger partial charge >= 0.3 is 0 Å². The monoisotopic (exact) mass is 400 g/mol. The topological polar surface area (TPSA) is 45.5 Å². The van der Waals surface area contributed by atoms with Gasteiger partial charge in [-0.15, -0.1) is 0 Å². The van der Waals surface area contributed by atoms with Gasteiger partial charge in [-0.2, -0.15) is 5.26 Å². The zero-order valence-electron chi connectivity index (χ0n) is 17.9. The third-order valence-electron chi connectivity index (χ3n) is 5.89. The molecule has 0 N–H and O–H groups in total. The summed E-state index contributed by atoms with van der Waals surface area (Å²) < 4.78 is 11.6. The van der Waals surface area contributed by atoms with Crippen LogP contribution in [0.25, 0.3) is 21.9 Å². The number of nitrogens with zero attached hydrogens (tertiary/aromatic N) is 2. The highest BCUT2D eigenvalue weighted by molar-refractivity contribution is 5.91. The number of ether oxygens (including phenoxy) is 2. The van der Waals surface area contributed by atoms with E-state index in [2.05, 4.69) is 54.3 Å². The Morgan fingerprint density at radius 1 is 1.03 bits per heavy atom. The predicted octanol–water partition coefficient (Wildman–Crippen LogP) is 5.78. The lowest BCUT2D eigenvalue weighted by atomic mass is 9.96. The Morgan fingerprint density at radius 3 is 2.50 bits per heavy atom. The Balaban J connectivity index is 1.70. The largest absolute Gasteiger partial charge is 0.486 e. The van der Waals surface area contributed by atoms with E-state index in [1.807, 2.05) is 32.0 Å². The summed E-state index contributed by atoms with van der Waals surface area (Å²) in [4.78, 5) is 2.36. The molecule has 0 aromatic heterocycles. The van der Waals surface area contributed by atoms with Crippen molar-refractivity contribution in [2.75, 3.05) is 31.2 Å². The van der Waals surface area contributed by atoms with E-state index < -0.39 is 0 Å². The first-order valence-electron chi connectivity index (χ1n) is 10.6. The average molecular weight is 401 g/mol. The Bertz CT molecular complexity index is 1090. The van der Waals surface area contributed by atoms with Gasteiger partial charge in [-0.25, -0.2) is 0 Å². The van der Waals surface area contributed by atoms with Crippen molar-refractivity contribution in [3.63, 3.8) is 0 Å². The summed E-state index contributed by atoms with van der Waals surface area (Å²) in [5, 5.41) is 12.2. The maximum absolute atomic E-state index is 9.88. The van der Waals surface area contributed by atoms with Crippen molar-refractivity contribution in [1.29, 1.82) is 5.26 Å². The summed E-state index contributed by atoms with van der Waals surface area (Å²) in [5.41, 5.74) is 3.43. The van der Waals surface area contributed by atoms with E-state index in [-0.39, 0.29) is 5.60 Å². The van der Waals surface area contributed by atoms with E-state index in [0.717, 1.165) is 49.2 Å². The van der Waals surface area contributed by atoms with Gasteiger partial charge < -0.3 is 14.4 Å². The molecule has 0 saturated carbocycles. The highest BCUT2D eigenvalue weighted by Crippen LogP contribution is 2.34. The maximum atomic E-state index is 9.88. The third kappa shape index (κ3) is 4.13. The number of anilines is 1. The van der Waals surface area contributed by atoms with Gasteiger partial charge in [-0.05, 0) is 60.9 Å². The van der Waals surface area contributed by atoms with Gasteiger partial charge in [0.1, 0.15) is 23.0 Å². The van der Waals surface area contributed by atoms with Crippen LogP contribution in [0.15, 0.2) is 54.6 Å². The lowest BCUT2D eigenvalue weighted by Crippen LogP contribution is -2.36. The van der Waals surface area contributed by atoms with Crippen LogP contribution in [-0.2, 0) is 4.74 Å². The van der Waals surface area contributed by atoms with Crippen LogP contribution in [0.1, 0.15) is 32.8 Å². The van der Waals surface area contributed by atoms with Gasteiger partial charge in [0, 0.05) is 24.3 Å². The van der Waals surface area contributed by atoms with Crippen LogP contribution in [0, 0.1) is 11.3 Å². The molecule has 1 aliphatic heterocycles. The summed E-state index contributed by atoms with van der Waals surface area (Å²) in [7, 11) is 0. The second-order valence-corrected chi connectivity index (χ2v) is 8.35. The summed E-state index contributed by atoms with van der Waals surface area (Å²) in [5.74, 6) is 0.643. The Morgan fingerprint density at radius 2 is 1.77 bits per heavy atom. The highest BCUT2D eigenvalue weighted by atomic mass is 16.5. The first-order valence-corrected chi connectivity index (χ1v) is 10.6. The Labute approximate surface area is 178 Å². The molecule has 0 spiro atoms. The lowest BCUT2D eigenvalue weighted by Gasteiger charge is -2.29. The van der Waals surface area contributed by atoms with Gasteiger partial charge in [0.2, 0.25) is 0 Å². The first-order chi connectivity index (χ1) is 14.5. The van der Waals surface area contributed by atoms with Crippen molar-refractivity contribution < 1.29 is 9.47 Å². The molecule has 4 heteroatoms. The van der Waals surface area contributed by atoms with Crippen molar-refractivity contribution in [3.05, 3.63) is 60.2 Å². The minimum Gasteiger partial charge on any atom is -0.486 e. The average Bonchev–Trinajstić information content (AvgIpc) is 2.78. The maximum Gasteiger partial charge on any atom is 0.138 e. The van der Waals surface area contributed by atoms with Gasteiger partial charge in [0.25, 0.3) is 0 Å². The SMILES string of the molecule is CCC(C)(C)Oc1cccc(-c2ccc3cc(N4CCOCC4)ccc3c2)c1C#N. The van der Waals surface area contributed by atoms with Crippen molar-refractivity contribution in [1.82, 2.24) is 0 Å². The van der Waals surface area contributed by atoms with Crippen molar-refractivity contribution in [3.8, 4) is 22.9 Å². The van der Waals surface area contributed by atoms with Gasteiger partial charge in [0.05, 0.1) is 13.2 Å². The summed E-state index contributed by atoms with van der Waals surface area (Å²) in [6, 6.07) is 21.2. The molecular formula is C26H28N2O2. The van der Waals surface area contributed by atoms with Crippen molar-refractivity contribution in [2.24, 2.45) is 0 Å². The molecule has 0 unspecified atom stereocenters. The fourth-order valence-corrected chi connectivity index (χ4v) is 3.76. The molecule has 30 heavy (non-hydrogen) atoms. The van der Waals surface area contributed by atoms with E-state index in [4.69, 9.17) is 9.47 Å². The van der Waals surface area contributed by atoms with Crippen LogP contribution in [-0.4, -0.2) is 31.9 Å². The molecule has 1 aliphatic rings. The third-order valence-corrected chi connectivity index (χ3v) is 5.89. The molecule has 0 amide bonds. The molecule has 0 radical (unpaired) electrons. The van der Waals surface area contributed by atoms with Crippen LogP contribution in [0.2, 0.25) is 0 Å². The van der Waals surface area contributed by atoms with Gasteiger partial charge in [0.15, 0.2) is 0 Å². The molecule has 154 valence electrons. The standard InChI is InChI=1S/C26H28N2O2/c1-4-26(2,3)30-25-7-5-6-23(24(25)18-27)21-9-8-20-17-22(11-10-19(20)16-21)28-12-14-29-15-13-28/h5-11,16-17H,4,12-15H2,1-3H3. The second-order valence-electron chi connectivity index (χ2n) is 8.35. The van der Waals surface area contributed by atoms with E-state index in [1.165, 1.54) is 11.1 Å². The highest BCUT2D eigenvalue weighted by Gasteiger charge is 2.20. The molecule has 1 saturated heterocycles. The van der Waals surface area contributed by atoms with Crippen LogP contribution >= 0.6 is 0 Å². The number of nitriles is 1. The molecule has 4 nitrogen and oxygen atoms in total. The van der Waals surface area contributed by atoms with Crippen LogP contribution in [0.5, 0.6) is 5.75 Å². The number of hydrogen-bond donors (Lipinski definition) is 0. The van der Waals surface area contributed by atoms with E-state index in [1.54, 1.807) is 0 Å². The summed E-state index contributed by atoms with van der Waals surface area (Å²) in [6.45, 7) is 9.59. The van der Waals surface area contributed by atoms with Crippen LogP contribution in [0.4, 0.5) is 5.69 Å². The zero-order valence-corrected chi connectivity index (χ0v) is 17.9. The molecule has 4 rings (SSSR count). The molecule has 0 atom stereocenters. The Kier molecular flexibility index (Phi) is 5.65. The van der Waals surface area contributed by atoms with Gasteiger partial charge in [-0.3, -0.25) is 0 Å². The minimum absolute atomic E-state index is 0.316. The molecule has 0 aliphatic carbocycles. The number of morpholine rings is 1.